The Balaban J connectivity index is 2.65. The van der Waals surface area contributed by atoms with Crippen LogP contribution < -0.4 is 0 Å². The van der Waals surface area contributed by atoms with E-state index in [0.717, 1.165) is 19.3 Å². The van der Waals surface area contributed by atoms with Crippen LogP contribution in [0.25, 0.3) is 0 Å². The highest BCUT2D eigenvalue weighted by atomic mass is 35.5. The van der Waals surface area contributed by atoms with Gasteiger partial charge in [-0.05, 0) is 19.3 Å². The minimum absolute atomic E-state index is 0.0832. The zero-order valence-electron chi connectivity index (χ0n) is 8.73. The average Bonchev–Trinajstić information content (AvgIpc) is 2.26. The van der Waals surface area contributed by atoms with Gasteiger partial charge in [-0.25, -0.2) is 8.42 Å². The van der Waals surface area contributed by atoms with Crippen LogP contribution in [0, 0.1) is 0 Å². The van der Waals surface area contributed by atoms with Gasteiger partial charge >= 0.3 is 0 Å². The van der Waals surface area contributed by atoms with Crippen molar-refractivity contribution < 1.29 is 13.5 Å². The molecule has 1 N–H and O–H groups in total. The van der Waals surface area contributed by atoms with Gasteiger partial charge in [0.2, 0.25) is 10.0 Å². The number of nitrogens with zero attached hydrogens (tertiary/aromatic N) is 1. The highest BCUT2D eigenvalue weighted by Gasteiger charge is 2.31. The molecule has 1 heterocycles. The van der Waals surface area contributed by atoms with Gasteiger partial charge in [0.15, 0.2) is 0 Å². The Morgan fingerprint density at radius 1 is 1.40 bits per heavy atom. The van der Waals surface area contributed by atoms with Gasteiger partial charge in [-0.15, -0.1) is 11.6 Å². The zero-order valence-corrected chi connectivity index (χ0v) is 10.3. The van der Waals surface area contributed by atoms with Crippen LogP contribution in [0.4, 0.5) is 0 Å². The highest BCUT2D eigenvalue weighted by molar-refractivity contribution is 7.89. The standard InChI is InChI=1S/C9H18ClNO3S/c10-5-3-7-15(13,14)11-6-2-1-4-9(11)8-12/h9,12H,1-8H2. The van der Waals surface area contributed by atoms with Crippen molar-refractivity contribution >= 4 is 21.6 Å². The Hall–Kier alpha value is 0.160. The number of sulfonamides is 1. The monoisotopic (exact) mass is 255 g/mol. The first kappa shape index (κ1) is 13.2. The lowest BCUT2D eigenvalue weighted by Crippen LogP contribution is -2.46. The van der Waals surface area contributed by atoms with Crippen molar-refractivity contribution in [1.29, 1.82) is 0 Å². The van der Waals surface area contributed by atoms with Gasteiger partial charge in [-0.3, -0.25) is 0 Å². The summed E-state index contributed by atoms with van der Waals surface area (Å²) in [6, 6.07) is -0.223. The fourth-order valence-electron chi connectivity index (χ4n) is 1.88. The largest absolute Gasteiger partial charge is 0.395 e. The molecule has 1 unspecified atom stereocenters. The molecule has 90 valence electrons. The Kier molecular flexibility index (Phi) is 5.32. The van der Waals surface area contributed by atoms with Crippen LogP contribution in [-0.2, 0) is 10.0 Å². The molecule has 6 heteroatoms. The Morgan fingerprint density at radius 2 is 2.13 bits per heavy atom. The summed E-state index contributed by atoms with van der Waals surface area (Å²) in [6.45, 7) is 0.454. The molecule has 0 aromatic rings. The molecule has 1 atom stereocenters. The van der Waals surface area contributed by atoms with Crippen molar-refractivity contribution in [3.05, 3.63) is 0 Å². The first-order chi connectivity index (χ1) is 7.11. The molecule has 0 amide bonds. The first-order valence-corrected chi connectivity index (χ1v) is 7.42. The Bertz CT molecular complexity index is 281. The van der Waals surface area contributed by atoms with Gasteiger partial charge in [0.25, 0.3) is 0 Å². The quantitative estimate of drug-likeness (QED) is 0.739. The van der Waals surface area contributed by atoms with Crippen LogP contribution in [0.15, 0.2) is 0 Å². The van der Waals surface area contributed by atoms with Crippen molar-refractivity contribution in [2.45, 2.75) is 31.7 Å². The minimum Gasteiger partial charge on any atom is -0.395 e. The topological polar surface area (TPSA) is 57.6 Å². The van der Waals surface area contributed by atoms with E-state index in [1.165, 1.54) is 4.31 Å². The van der Waals surface area contributed by atoms with Gasteiger partial charge in [-0.1, -0.05) is 6.42 Å². The van der Waals surface area contributed by atoms with E-state index in [1.807, 2.05) is 0 Å². The first-order valence-electron chi connectivity index (χ1n) is 5.28. The molecule has 4 nitrogen and oxygen atoms in total. The summed E-state index contributed by atoms with van der Waals surface area (Å²) in [7, 11) is -3.22. The second-order valence-electron chi connectivity index (χ2n) is 3.80. The smallest absolute Gasteiger partial charge is 0.214 e. The molecule has 0 aliphatic carbocycles. The third kappa shape index (κ3) is 3.59. The van der Waals surface area contributed by atoms with Gasteiger partial charge in [-0.2, -0.15) is 4.31 Å². The lowest BCUT2D eigenvalue weighted by Gasteiger charge is -2.33. The van der Waals surface area contributed by atoms with E-state index in [9.17, 15) is 8.42 Å². The van der Waals surface area contributed by atoms with E-state index in [2.05, 4.69) is 0 Å². The number of aliphatic hydroxyl groups excluding tert-OH is 1. The van der Waals surface area contributed by atoms with Crippen LogP contribution in [0.2, 0.25) is 0 Å². The molecule has 0 aromatic heterocycles. The van der Waals surface area contributed by atoms with E-state index in [-0.39, 0.29) is 18.4 Å². The second kappa shape index (κ2) is 6.03. The van der Waals surface area contributed by atoms with E-state index in [1.54, 1.807) is 0 Å². The molecule has 1 saturated heterocycles. The van der Waals surface area contributed by atoms with Crippen molar-refractivity contribution in [2.24, 2.45) is 0 Å². The summed E-state index contributed by atoms with van der Waals surface area (Å²) in [5, 5.41) is 9.12. The molecule has 0 aromatic carbocycles. The fourth-order valence-corrected chi connectivity index (χ4v) is 3.95. The van der Waals surface area contributed by atoms with E-state index in [0.29, 0.717) is 18.8 Å². The number of piperidine rings is 1. The van der Waals surface area contributed by atoms with Crippen molar-refractivity contribution in [1.82, 2.24) is 4.31 Å². The Morgan fingerprint density at radius 3 is 2.73 bits per heavy atom. The third-order valence-corrected chi connectivity index (χ3v) is 4.94. The van der Waals surface area contributed by atoms with Crippen LogP contribution in [0.1, 0.15) is 25.7 Å². The summed E-state index contributed by atoms with van der Waals surface area (Å²) in [5.41, 5.74) is 0. The normalized spacial score (nSPS) is 24.3. The Labute approximate surface area is 96.3 Å². The predicted octanol–water partition coefficient (Wildman–Crippen LogP) is 0.792. The summed E-state index contributed by atoms with van der Waals surface area (Å²) >= 11 is 5.48. The summed E-state index contributed by atoms with van der Waals surface area (Å²) in [5.74, 6) is 0.448. The number of aliphatic hydroxyl groups is 1. The molecule has 0 bridgehead atoms. The van der Waals surface area contributed by atoms with Crippen molar-refractivity contribution in [3.8, 4) is 0 Å². The summed E-state index contributed by atoms with van der Waals surface area (Å²) in [6.07, 6.45) is 3.11. The SMILES string of the molecule is O=S(=O)(CCCCl)N1CCCCC1CO. The molecule has 0 spiro atoms. The van der Waals surface area contributed by atoms with Gasteiger partial charge < -0.3 is 5.11 Å². The number of halogens is 1. The van der Waals surface area contributed by atoms with Crippen LogP contribution >= 0.6 is 11.6 Å². The van der Waals surface area contributed by atoms with Crippen LogP contribution in [-0.4, -0.2) is 48.7 Å². The number of rotatable bonds is 5. The zero-order chi connectivity index (χ0) is 11.3. The van der Waals surface area contributed by atoms with Crippen LogP contribution in [0.3, 0.4) is 0 Å². The molecule has 1 fully saturated rings. The predicted molar refractivity (Wildman–Crippen MR) is 60.6 cm³/mol. The maximum absolute atomic E-state index is 11.9. The molecule has 1 rings (SSSR count). The third-order valence-electron chi connectivity index (χ3n) is 2.68. The molecule has 0 radical (unpaired) electrons. The number of hydrogen-bond donors (Lipinski definition) is 1. The van der Waals surface area contributed by atoms with Gasteiger partial charge in [0, 0.05) is 18.5 Å². The molecular formula is C9H18ClNO3S. The van der Waals surface area contributed by atoms with Gasteiger partial charge in [0.05, 0.1) is 12.4 Å². The van der Waals surface area contributed by atoms with E-state index in [4.69, 9.17) is 16.7 Å². The molecule has 1 aliphatic heterocycles. The fraction of sp³-hybridized carbons (Fsp3) is 1.00. The van der Waals surface area contributed by atoms with Crippen molar-refractivity contribution in [3.63, 3.8) is 0 Å². The summed E-state index contributed by atoms with van der Waals surface area (Å²) in [4.78, 5) is 0. The number of alkyl halides is 1. The summed E-state index contributed by atoms with van der Waals surface area (Å²) < 4.78 is 25.2. The number of hydrogen-bond acceptors (Lipinski definition) is 3. The molecule has 15 heavy (non-hydrogen) atoms. The highest BCUT2D eigenvalue weighted by Crippen LogP contribution is 2.20. The maximum atomic E-state index is 11.9. The lowest BCUT2D eigenvalue weighted by atomic mass is 10.1. The molecule has 0 saturated carbocycles. The molecule has 1 aliphatic rings. The minimum atomic E-state index is -3.22. The van der Waals surface area contributed by atoms with Gasteiger partial charge in [0.1, 0.15) is 0 Å². The van der Waals surface area contributed by atoms with E-state index >= 15 is 0 Å². The van der Waals surface area contributed by atoms with E-state index < -0.39 is 10.0 Å². The second-order valence-corrected chi connectivity index (χ2v) is 6.22. The lowest BCUT2D eigenvalue weighted by molar-refractivity contribution is 0.155. The average molecular weight is 256 g/mol. The van der Waals surface area contributed by atoms with Crippen LogP contribution in [0.5, 0.6) is 0 Å². The molecular weight excluding hydrogens is 238 g/mol. The van der Waals surface area contributed by atoms with Crippen molar-refractivity contribution in [2.75, 3.05) is 24.8 Å². The maximum Gasteiger partial charge on any atom is 0.214 e.